The van der Waals surface area contributed by atoms with Gasteiger partial charge in [0.2, 0.25) is 0 Å². The molecule has 0 radical (unpaired) electrons. The second kappa shape index (κ2) is 5.04. The molecule has 0 heterocycles. The molecule has 0 aromatic heterocycles. The Morgan fingerprint density at radius 2 is 2.18 bits per heavy atom. The summed E-state index contributed by atoms with van der Waals surface area (Å²) in [6.45, 7) is 4.07. The highest BCUT2D eigenvalue weighted by atomic mass is 16.5. The van der Waals surface area contributed by atoms with E-state index in [9.17, 15) is 4.79 Å². The quantitative estimate of drug-likeness (QED) is 0.490. The van der Waals surface area contributed by atoms with Gasteiger partial charge in [-0.25, -0.2) is 0 Å². The molecular weight excluding hydrogens is 142 g/mol. The van der Waals surface area contributed by atoms with E-state index >= 15 is 0 Å². The normalized spacial score (nSPS) is 11.8. The van der Waals surface area contributed by atoms with Crippen LogP contribution in [0.25, 0.3) is 0 Å². The van der Waals surface area contributed by atoms with Crippen LogP contribution in [0, 0.1) is 5.92 Å². The van der Waals surface area contributed by atoms with Gasteiger partial charge in [0, 0.05) is 19.5 Å². The van der Waals surface area contributed by atoms with Crippen molar-refractivity contribution in [1.29, 1.82) is 0 Å². The fourth-order valence-corrected chi connectivity index (χ4v) is 0.514. The van der Waals surface area contributed by atoms with E-state index < -0.39 is 0 Å². The summed E-state index contributed by atoms with van der Waals surface area (Å²) < 4.78 is 0. The maximum absolute atomic E-state index is 10.9. The molecule has 0 unspecified atom stereocenters. The molecule has 0 aromatic carbocycles. The molecule has 0 atom stereocenters. The lowest BCUT2D eigenvalue weighted by Gasteiger charge is -2.02. The fourth-order valence-electron chi connectivity index (χ4n) is 0.514. The molecule has 0 fully saturated rings. The summed E-state index contributed by atoms with van der Waals surface area (Å²) in [5.41, 5.74) is 0. The molecule has 0 saturated carbocycles. The second-order valence-corrected chi connectivity index (χ2v) is 2.80. The summed E-state index contributed by atoms with van der Waals surface area (Å²) in [6, 6.07) is 0. The van der Waals surface area contributed by atoms with Gasteiger partial charge in [0.25, 0.3) is 0 Å². The standard InChI is InChI=1S/C8H15NO2/c1-7(2)8(10)5-4-6-9(3)11/h4-5,7,11H,6H2,1-3H3/b5-4+. The Balaban J connectivity index is 3.66. The van der Waals surface area contributed by atoms with Crippen LogP contribution in [-0.2, 0) is 4.79 Å². The largest absolute Gasteiger partial charge is 0.314 e. The molecule has 0 saturated heterocycles. The van der Waals surface area contributed by atoms with Crippen molar-refractivity contribution in [2.24, 2.45) is 5.92 Å². The Morgan fingerprint density at radius 1 is 1.64 bits per heavy atom. The van der Waals surface area contributed by atoms with Crippen LogP contribution in [0.5, 0.6) is 0 Å². The Hall–Kier alpha value is -0.670. The van der Waals surface area contributed by atoms with Gasteiger partial charge in [0.15, 0.2) is 5.78 Å². The average Bonchev–Trinajstić information content (AvgIpc) is 1.86. The van der Waals surface area contributed by atoms with Crippen LogP contribution in [0.3, 0.4) is 0 Å². The third-order valence-electron chi connectivity index (χ3n) is 1.22. The Morgan fingerprint density at radius 3 is 2.55 bits per heavy atom. The highest BCUT2D eigenvalue weighted by Gasteiger charge is 2.00. The fraction of sp³-hybridized carbons (Fsp3) is 0.625. The van der Waals surface area contributed by atoms with Gasteiger partial charge in [-0.2, -0.15) is 5.06 Å². The molecule has 1 N–H and O–H groups in total. The van der Waals surface area contributed by atoms with Crippen LogP contribution in [-0.4, -0.2) is 29.6 Å². The molecule has 0 aromatic rings. The van der Waals surface area contributed by atoms with Crippen molar-refractivity contribution in [3.63, 3.8) is 0 Å². The smallest absolute Gasteiger partial charge is 0.157 e. The molecule has 0 aliphatic rings. The highest BCUT2D eigenvalue weighted by Crippen LogP contribution is 1.94. The van der Waals surface area contributed by atoms with Crippen molar-refractivity contribution in [3.05, 3.63) is 12.2 Å². The van der Waals surface area contributed by atoms with Crippen LogP contribution in [0.1, 0.15) is 13.8 Å². The molecule has 3 heteroatoms. The minimum Gasteiger partial charge on any atom is -0.314 e. The lowest BCUT2D eigenvalue weighted by Crippen LogP contribution is -2.12. The number of hydrogen-bond acceptors (Lipinski definition) is 3. The van der Waals surface area contributed by atoms with Crippen LogP contribution < -0.4 is 0 Å². The predicted molar refractivity (Wildman–Crippen MR) is 43.4 cm³/mol. The summed E-state index contributed by atoms with van der Waals surface area (Å²) in [5, 5.41) is 9.69. The van der Waals surface area contributed by atoms with E-state index in [0.29, 0.717) is 6.54 Å². The lowest BCUT2D eigenvalue weighted by atomic mass is 10.1. The molecule has 0 amide bonds. The zero-order valence-electron chi connectivity index (χ0n) is 7.24. The van der Waals surface area contributed by atoms with E-state index in [1.807, 2.05) is 13.8 Å². The first-order chi connectivity index (χ1) is 5.04. The van der Waals surface area contributed by atoms with Gasteiger partial charge in [0.1, 0.15) is 0 Å². The zero-order chi connectivity index (χ0) is 8.85. The third-order valence-corrected chi connectivity index (χ3v) is 1.22. The average molecular weight is 157 g/mol. The number of hydroxylamine groups is 2. The van der Waals surface area contributed by atoms with Gasteiger partial charge < -0.3 is 5.21 Å². The second-order valence-electron chi connectivity index (χ2n) is 2.80. The maximum Gasteiger partial charge on any atom is 0.157 e. The van der Waals surface area contributed by atoms with E-state index in [0.717, 1.165) is 5.06 Å². The summed E-state index contributed by atoms with van der Waals surface area (Å²) in [5.74, 6) is 0.127. The predicted octanol–water partition coefficient (Wildman–Crippen LogP) is 1.09. The van der Waals surface area contributed by atoms with E-state index in [2.05, 4.69) is 0 Å². The van der Waals surface area contributed by atoms with Crippen molar-refractivity contribution in [2.75, 3.05) is 13.6 Å². The minimum absolute atomic E-state index is 0.0373. The number of carbonyl (C=O) groups is 1. The summed E-state index contributed by atoms with van der Waals surface area (Å²) in [7, 11) is 1.53. The van der Waals surface area contributed by atoms with Gasteiger partial charge in [-0.3, -0.25) is 4.79 Å². The Labute approximate surface area is 67.3 Å². The number of allylic oxidation sites excluding steroid dienone is 1. The third kappa shape index (κ3) is 5.76. The summed E-state index contributed by atoms with van der Waals surface area (Å²) in [6.07, 6.45) is 3.14. The van der Waals surface area contributed by atoms with Gasteiger partial charge in [-0.15, -0.1) is 0 Å². The topological polar surface area (TPSA) is 40.5 Å². The van der Waals surface area contributed by atoms with Crippen molar-refractivity contribution < 1.29 is 10.0 Å². The molecule has 0 aliphatic heterocycles. The van der Waals surface area contributed by atoms with Crippen LogP contribution in [0.15, 0.2) is 12.2 Å². The first-order valence-corrected chi connectivity index (χ1v) is 3.64. The Bertz CT molecular complexity index is 150. The first kappa shape index (κ1) is 10.3. The van der Waals surface area contributed by atoms with Gasteiger partial charge in [0.05, 0.1) is 0 Å². The maximum atomic E-state index is 10.9. The molecule has 64 valence electrons. The number of carbonyl (C=O) groups excluding carboxylic acids is 1. The molecule has 0 spiro atoms. The Kier molecular flexibility index (Phi) is 4.74. The number of rotatable bonds is 4. The van der Waals surface area contributed by atoms with Crippen molar-refractivity contribution in [2.45, 2.75) is 13.8 Å². The van der Waals surface area contributed by atoms with Crippen LogP contribution in [0.2, 0.25) is 0 Å². The monoisotopic (exact) mass is 157 g/mol. The van der Waals surface area contributed by atoms with E-state index in [4.69, 9.17) is 5.21 Å². The molecule has 0 aliphatic carbocycles. The van der Waals surface area contributed by atoms with E-state index in [-0.39, 0.29) is 11.7 Å². The van der Waals surface area contributed by atoms with Gasteiger partial charge >= 0.3 is 0 Å². The SMILES string of the molecule is CC(C)C(=O)/C=C/CN(C)O. The molecular formula is C8H15NO2. The van der Waals surface area contributed by atoms with E-state index in [1.165, 1.54) is 13.1 Å². The van der Waals surface area contributed by atoms with Gasteiger partial charge in [-0.05, 0) is 6.08 Å². The highest BCUT2D eigenvalue weighted by molar-refractivity contribution is 5.91. The zero-order valence-corrected chi connectivity index (χ0v) is 7.24. The molecule has 0 bridgehead atoms. The number of likely N-dealkylation sites (N-methyl/N-ethyl adjacent to an activating group) is 1. The summed E-state index contributed by atoms with van der Waals surface area (Å²) >= 11 is 0. The lowest BCUT2D eigenvalue weighted by molar-refractivity contribution is -0.117. The molecule has 3 nitrogen and oxygen atoms in total. The number of nitrogens with zero attached hydrogens (tertiary/aromatic N) is 1. The molecule has 0 rings (SSSR count). The van der Waals surface area contributed by atoms with Gasteiger partial charge in [-0.1, -0.05) is 19.9 Å². The van der Waals surface area contributed by atoms with Crippen molar-refractivity contribution in [3.8, 4) is 0 Å². The van der Waals surface area contributed by atoms with Crippen molar-refractivity contribution >= 4 is 5.78 Å². The van der Waals surface area contributed by atoms with Crippen LogP contribution in [0.4, 0.5) is 0 Å². The van der Waals surface area contributed by atoms with Crippen LogP contribution >= 0.6 is 0 Å². The van der Waals surface area contributed by atoms with E-state index in [1.54, 1.807) is 6.08 Å². The molecule has 11 heavy (non-hydrogen) atoms. The van der Waals surface area contributed by atoms with Crippen molar-refractivity contribution in [1.82, 2.24) is 5.06 Å². The number of ketones is 1. The number of hydrogen-bond donors (Lipinski definition) is 1. The first-order valence-electron chi connectivity index (χ1n) is 3.64. The summed E-state index contributed by atoms with van der Waals surface area (Å²) in [4.78, 5) is 10.9. The minimum atomic E-state index is 0.0373.